The van der Waals surface area contributed by atoms with E-state index in [2.05, 4.69) is 9.72 Å². The Bertz CT molecular complexity index is 1160. The fourth-order valence-corrected chi connectivity index (χ4v) is 2.78. The number of hydrogen-bond donors (Lipinski definition) is 1. The molecule has 0 unspecified atom stereocenters. The van der Waals surface area contributed by atoms with Crippen molar-refractivity contribution in [1.82, 2.24) is 18.7 Å². The van der Waals surface area contributed by atoms with Crippen molar-refractivity contribution in [2.24, 2.45) is 14.1 Å². The van der Waals surface area contributed by atoms with Crippen molar-refractivity contribution in [3.63, 3.8) is 0 Å². The van der Waals surface area contributed by atoms with Gasteiger partial charge in [0.05, 0.1) is 0 Å². The molecular weight excluding hydrogens is 397 g/mol. The highest BCUT2D eigenvalue weighted by Crippen LogP contribution is 2.29. The van der Waals surface area contributed by atoms with Gasteiger partial charge in [0.1, 0.15) is 11.5 Å². The third-order valence-corrected chi connectivity index (χ3v) is 4.11. The molecule has 0 aliphatic carbocycles. The van der Waals surface area contributed by atoms with Crippen LogP contribution in [-0.2, 0) is 20.6 Å². The maximum Gasteiger partial charge on any atom is 0.573 e. The van der Waals surface area contributed by atoms with Gasteiger partial charge in [0.25, 0.3) is 5.56 Å². The van der Waals surface area contributed by atoms with E-state index in [4.69, 9.17) is 9.84 Å². The molecule has 2 heterocycles. The monoisotopic (exact) mass is 414 g/mol. The van der Waals surface area contributed by atoms with E-state index in [0.717, 1.165) is 21.3 Å². The molecule has 29 heavy (non-hydrogen) atoms. The van der Waals surface area contributed by atoms with Gasteiger partial charge in [0, 0.05) is 33.3 Å². The van der Waals surface area contributed by atoms with E-state index in [9.17, 15) is 22.8 Å². The van der Waals surface area contributed by atoms with Gasteiger partial charge in [0.2, 0.25) is 0 Å². The van der Waals surface area contributed by atoms with Crippen LogP contribution >= 0.6 is 0 Å². The molecule has 3 rings (SSSR count). The highest BCUT2D eigenvalue weighted by atomic mass is 19.4. The Morgan fingerprint density at radius 1 is 1.14 bits per heavy atom. The Morgan fingerprint density at radius 3 is 2.48 bits per heavy atom. The number of aliphatic hydroxyl groups is 1. The Balaban J connectivity index is 2.04. The van der Waals surface area contributed by atoms with Crippen molar-refractivity contribution in [3.05, 3.63) is 45.1 Å². The number of ether oxygens (including phenoxy) is 2. The second-order valence-corrected chi connectivity index (χ2v) is 6.13. The van der Waals surface area contributed by atoms with Crippen LogP contribution in [0.25, 0.3) is 11.2 Å². The van der Waals surface area contributed by atoms with Gasteiger partial charge in [-0.3, -0.25) is 18.5 Å². The highest BCUT2D eigenvalue weighted by molar-refractivity contribution is 5.71. The first-order chi connectivity index (χ1) is 13.6. The fourth-order valence-electron chi connectivity index (χ4n) is 2.78. The van der Waals surface area contributed by atoms with Crippen molar-refractivity contribution in [1.29, 1.82) is 0 Å². The van der Waals surface area contributed by atoms with Crippen LogP contribution in [0, 0.1) is 0 Å². The third-order valence-electron chi connectivity index (χ3n) is 4.11. The summed E-state index contributed by atoms with van der Waals surface area (Å²) in [5, 5.41) is 8.97. The third kappa shape index (κ3) is 4.11. The number of nitrogens with zero attached hydrogens (tertiary/aromatic N) is 4. The summed E-state index contributed by atoms with van der Waals surface area (Å²) in [7, 11) is 2.90. The molecule has 0 radical (unpaired) electrons. The number of fused-ring (bicyclic) bond motifs is 1. The van der Waals surface area contributed by atoms with Crippen molar-refractivity contribution < 1.29 is 27.8 Å². The molecule has 0 saturated heterocycles. The molecule has 2 aromatic heterocycles. The number of halogens is 3. The van der Waals surface area contributed by atoms with E-state index >= 15 is 0 Å². The SMILES string of the molecule is Cn1c(Oc2cccc(OC(F)(F)F)c2)nc2c1c(=O)n(CCCO)c(=O)n2C. The molecule has 9 nitrogen and oxygen atoms in total. The Labute approximate surface area is 161 Å². The quantitative estimate of drug-likeness (QED) is 0.656. The molecule has 0 amide bonds. The van der Waals surface area contributed by atoms with Crippen molar-refractivity contribution in [3.8, 4) is 17.5 Å². The van der Waals surface area contributed by atoms with E-state index in [1.807, 2.05) is 0 Å². The molecule has 156 valence electrons. The van der Waals surface area contributed by atoms with Crippen molar-refractivity contribution >= 4 is 11.2 Å². The van der Waals surface area contributed by atoms with Crippen LogP contribution in [-0.4, -0.2) is 36.8 Å². The lowest BCUT2D eigenvalue weighted by molar-refractivity contribution is -0.274. The van der Waals surface area contributed by atoms with Gasteiger partial charge in [-0.1, -0.05) is 6.07 Å². The Morgan fingerprint density at radius 2 is 1.83 bits per heavy atom. The van der Waals surface area contributed by atoms with Crippen LogP contribution in [0.3, 0.4) is 0 Å². The van der Waals surface area contributed by atoms with Crippen LogP contribution in [0.4, 0.5) is 13.2 Å². The topological polar surface area (TPSA) is 101 Å². The summed E-state index contributed by atoms with van der Waals surface area (Å²) in [6.45, 7) is -0.167. The maximum absolute atomic E-state index is 12.7. The maximum atomic E-state index is 12.7. The molecule has 0 aliphatic rings. The second-order valence-electron chi connectivity index (χ2n) is 6.13. The predicted molar refractivity (Wildman–Crippen MR) is 95.1 cm³/mol. The van der Waals surface area contributed by atoms with Gasteiger partial charge >= 0.3 is 18.1 Å². The summed E-state index contributed by atoms with van der Waals surface area (Å²) in [6, 6.07) is 4.72. The molecule has 0 spiro atoms. The molecule has 0 atom stereocenters. The van der Waals surface area contributed by atoms with Crippen LogP contribution < -0.4 is 20.7 Å². The van der Waals surface area contributed by atoms with Gasteiger partial charge < -0.3 is 14.6 Å². The molecule has 12 heteroatoms. The van der Waals surface area contributed by atoms with Crippen LogP contribution in [0.15, 0.2) is 33.9 Å². The standard InChI is InChI=1S/C17H17F3N4O5/c1-22-12-13(23(2)16(27)24(14(12)26)7-4-8-25)21-15(22)28-10-5-3-6-11(9-10)29-17(18,19)20/h3,5-6,9,25H,4,7-8H2,1-2H3. The van der Waals surface area contributed by atoms with E-state index in [1.54, 1.807) is 0 Å². The van der Waals surface area contributed by atoms with Crippen LogP contribution in [0.5, 0.6) is 17.5 Å². The van der Waals surface area contributed by atoms with Gasteiger partial charge in [-0.25, -0.2) is 4.79 Å². The number of benzene rings is 1. The minimum absolute atomic E-state index is 0.00392. The lowest BCUT2D eigenvalue weighted by Crippen LogP contribution is -2.39. The first-order valence-corrected chi connectivity index (χ1v) is 8.43. The summed E-state index contributed by atoms with van der Waals surface area (Å²) in [6.07, 6.45) is -4.64. The van der Waals surface area contributed by atoms with Crippen LogP contribution in [0.1, 0.15) is 6.42 Å². The zero-order valence-electron chi connectivity index (χ0n) is 15.4. The first-order valence-electron chi connectivity index (χ1n) is 8.43. The number of rotatable bonds is 6. The summed E-state index contributed by atoms with van der Waals surface area (Å²) >= 11 is 0. The second kappa shape index (κ2) is 7.62. The van der Waals surface area contributed by atoms with Crippen molar-refractivity contribution in [2.75, 3.05) is 6.61 Å². The average molecular weight is 414 g/mol. The van der Waals surface area contributed by atoms with E-state index in [0.29, 0.717) is 0 Å². The summed E-state index contributed by atoms with van der Waals surface area (Å²) < 4.78 is 50.0. The average Bonchev–Trinajstić information content (AvgIpc) is 2.95. The molecule has 0 saturated carbocycles. The van der Waals surface area contributed by atoms with E-state index in [-0.39, 0.29) is 42.5 Å². The molecule has 1 N–H and O–H groups in total. The number of aryl methyl sites for hydroxylation is 2. The van der Waals surface area contributed by atoms with Gasteiger partial charge in [0.15, 0.2) is 11.2 Å². The predicted octanol–water partition coefficient (Wildman–Crippen LogP) is 1.51. The molecule has 0 aliphatic heterocycles. The van der Waals surface area contributed by atoms with Gasteiger partial charge in [-0.2, -0.15) is 4.98 Å². The summed E-state index contributed by atoms with van der Waals surface area (Å²) in [5.74, 6) is -0.483. The van der Waals surface area contributed by atoms with Crippen molar-refractivity contribution in [2.45, 2.75) is 19.3 Å². The zero-order chi connectivity index (χ0) is 21.3. The molecule has 3 aromatic rings. The lowest BCUT2D eigenvalue weighted by atomic mass is 10.3. The Hall–Kier alpha value is -3.28. The number of alkyl halides is 3. The summed E-state index contributed by atoms with van der Waals surface area (Å²) in [4.78, 5) is 29.2. The fraction of sp³-hybridized carbons (Fsp3) is 0.353. The molecule has 0 bridgehead atoms. The Kier molecular flexibility index (Phi) is 5.38. The van der Waals surface area contributed by atoms with Gasteiger partial charge in [-0.05, 0) is 18.6 Å². The number of imidazole rings is 1. The zero-order valence-corrected chi connectivity index (χ0v) is 15.4. The summed E-state index contributed by atoms with van der Waals surface area (Å²) in [5.41, 5.74) is -1.10. The highest BCUT2D eigenvalue weighted by Gasteiger charge is 2.31. The van der Waals surface area contributed by atoms with E-state index in [1.165, 1.54) is 30.8 Å². The van der Waals surface area contributed by atoms with Crippen LogP contribution in [0.2, 0.25) is 0 Å². The molecular formula is C17H17F3N4O5. The normalized spacial score (nSPS) is 11.8. The minimum Gasteiger partial charge on any atom is -0.425 e. The minimum atomic E-state index is -4.85. The van der Waals surface area contributed by atoms with Gasteiger partial charge in [-0.15, -0.1) is 13.2 Å². The van der Waals surface area contributed by atoms with E-state index < -0.39 is 23.4 Å². The largest absolute Gasteiger partial charge is 0.573 e. The number of aromatic nitrogens is 4. The number of aliphatic hydroxyl groups excluding tert-OH is 1. The molecule has 0 fully saturated rings. The number of hydrogen-bond acceptors (Lipinski definition) is 6. The lowest BCUT2D eigenvalue weighted by Gasteiger charge is -2.10. The first kappa shape index (κ1) is 20.5. The smallest absolute Gasteiger partial charge is 0.425 e. The molecule has 1 aromatic carbocycles.